The molecule has 0 unspecified atom stereocenters. The number of hydrogen-bond acceptors (Lipinski definition) is 0. The monoisotopic (exact) mass is 174 g/mol. The van der Waals surface area contributed by atoms with Crippen LogP contribution in [0.2, 0.25) is 0 Å². The van der Waals surface area contributed by atoms with E-state index in [4.69, 9.17) is 0 Å². The summed E-state index contributed by atoms with van der Waals surface area (Å²) in [5, 5.41) is 0. The van der Waals surface area contributed by atoms with Gasteiger partial charge in [0.25, 0.3) is 0 Å². The molecule has 1 heteroatoms. The summed E-state index contributed by atoms with van der Waals surface area (Å²) in [7, 11) is 0. The highest BCUT2D eigenvalue weighted by atomic mass is 32.1. The summed E-state index contributed by atoms with van der Waals surface area (Å²) in [5.41, 5.74) is 0. The Labute approximate surface area is 78.8 Å². The minimum Gasteiger partial charge on any atom is -0.197 e. The van der Waals surface area contributed by atoms with Crippen molar-refractivity contribution < 1.29 is 0 Å². The van der Waals surface area contributed by atoms with Crippen LogP contribution in [0.15, 0.2) is 25.3 Å². The first-order valence-corrected chi connectivity index (χ1v) is 3.79. The Bertz CT molecular complexity index is 70.9. The zero-order valence-corrected chi connectivity index (χ0v) is 9.22. The van der Waals surface area contributed by atoms with Gasteiger partial charge >= 0.3 is 0 Å². The predicted molar refractivity (Wildman–Crippen MR) is 60.5 cm³/mol. The van der Waals surface area contributed by atoms with Crippen LogP contribution in [0.1, 0.15) is 27.7 Å². The Balaban J connectivity index is -0.000000107. The minimum absolute atomic E-state index is 0. The zero-order chi connectivity index (χ0) is 8.57. The minimum atomic E-state index is 0. The molecule has 0 atom stereocenters. The topological polar surface area (TPSA) is 0 Å². The molecule has 0 amide bonds. The zero-order valence-electron chi connectivity index (χ0n) is 8.22. The molecule has 0 aromatic carbocycles. The van der Waals surface area contributed by atoms with E-state index in [0.717, 1.165) is 0 Å². The number of rotatable bonds is 2. The Morgan fingerprint density at radius 2 is 0.909 bits per heavy atom. The van der Waals surface area contributed by atoms with E-state index in [2.05, 4.69) is 40.9 Å². The van der Waals surface area contributed by atoms with Gasteiger partial charge in [0.05, 0.1) is 0 Å². The van der Waals surface area contributed by atoms with Crippen molar-refractivity contribution in [3.63, 3.8) is 0 Å². The largest absolute Gasteiger partial charge is 0.197 e. The Kier molecular flexibility index (Phi) is 19.4. The van der Waals surface area contributed by atoms with Crippen LogP contribution in [0.5, 0.6) is 0 Å². The van der Waals surface area contributed by atoms with Gasteiger partial charge in [0.1, 0.15) is 0 Å². The van der Waals surface area contributed by atoms with Crippen molar-refractivity contribution in [2.75, 3.05) is 0 Å². The van der Waals surface area contributed by atoms with Crippen LogP contribution in [0.25, 0.3) is 0 Å². The standard InChI is InChI=1S/2C5H10.H2S/c2*1-4-5(2)3;/h2*4-5H,1H2,2-3H3;1H2. The molecule has 0 rings (SSSR count). The van der Waals surface area contributed by atoms with Gasteiger partial charge in [-0.05, 0) is 11.8 Å². The molecule has 0 aromatic rings. The molecule has 0 nitrogen and oxygen atoms in total. The fourth-order valence-corrected chi connectivity index (χ4v) is 0. The molecule has 0 saturated carbocycles. The van der Waals surface area contributed by atoms with E-state index in [0.29, 0.717) is 11.8 Å². The van der Waals surface area contributed by atoms with Crippen molar-refractivity contribution >= 4 is 13.5 Å². The van der Waals surface area contributed by atoms with Gasteiger partial charge in [0.15, 0.2) is 0 Å². The van der Waals surface area contributed by atoms with Gasteiger partial charge in [0, 0.05) is 0 Å². The quantitative estimate of drug-likeness (QED) is 0.559. The first-order valence-electron chi connectivity index (χ1n) is 3.79. The van der Waals surface area contributed by atoms with Crippen LogP contribution in [0.3, 0.4) is 0 Å². The first kappa shape index (κ1) is 17.1. The maximum atomic E-state index is 3.56. The number of allylic oxidation sites excluding steroid dienone is 2. The second-order valence-electron chi connectivity index (χ2n) is 2.96. The Hall–Kier alpha value is -0.170. The SMILES string of the molecule is C=CC(C)C.C=CC(C)C.S. The second-order valence-corrected chi connectivity index (χ2v) is 2.96. The maximum absolute atomic E-state index is 3.56. The molecular weight excluding hydrogens is 152 g/mol. The lowest BCUT2D eigenvalue weighted by Gasteiger charge is -1.84. The van der Waals surface area contributed by atoms with Gasteiger partial charge in [-0.1, -0.05) is 39.8 Å². The summed E-state index contributed by atoms with van der Waals surface area (Å²) in [6.07, 6.45) is 3.83. The molecule has 0 spiro atoms. The lowest BCUT2D eigenvalue weighted by molar-refractivity contribution is 0.834. The molecule has 0 aliphatic heterocycles. The highest BCUT2D eigenvalue weighted by molar-refractivity contribution is 7.59. The molecule has 0 N–H and O–H groups in total. The molecule has 0 bridgehead atoms. The molecule has 0 aliphatic carbocycles. The van der Waals surface area contributed by atoms with Crippen molar-refractivity contribution in [2.45, 2.75) is 27.7 Å². The third-order valence-electron chi connectivity index (χ3n) is 0.943. The van der Waals surface area contributed by atoms with Gasteiger partial charge in [-0.2, -0.15) is 13.5 Å². The van der Waals surface area contributed by atoms with E-state index in [1.807, 2.05) is 12.2 Å². The average molecular weight is 174 g/mol. The summed E-state index contributed by atoms with van der Waals surface area (Å²) in [5.74, 6) is 1.30. The third-order valence-corrected chi connectivity index (χ3v) is 0.943. The fraction of sp³-hybridized carbons (Fsp3) is 0.600. The fourth-order valence-electron chi connectivity index (χ4n) is 0. The summed E-state index contributed by atoms with van der Waals surface area (Å²) in [6.45, 7) is 15.5. The van der Waals surface area contributed by atoms with E-state index < -0.39 is 0 Å². The Morgan fingerprint density at radius 3 is 0.909 bits per heavy atom. The summed E-state index contributed by atoms with van der Waals surface area (Å²) < 4.78 is 0. The van der Waals surface area contributed by atoms with Crippen LogP contribution in [-0.2, 0) is 0 Å². The van der Waals surface area contributed by atoms with E-state index >= 15 is 0 Å². The van der Waals surface area contributed by atoms with Gasteiger partial charge < -0.3 is 0 Å². The van der Waals surface area contributed by atoms with Crippen molar-refractivity contribution in [3.8, 4) is 0 Å². The van der Waals surface area contributed by atoms with Gasteiger partial charge in [-0.25, -0.2) is 0 Å². The number of hydrogen-bond donors (Lipinski definition) is 0. The lowest BCUT2D eigenvalue weighted by atomic mass is 10.2. The van der Waals surface area contributed by atoms with Crippen molar-refractivity contribution in [1.29, 1.82) is 0 Å². The normalized spacial score (nSPS) is 7.82. The maximum Gasteiger partial charge on any atom is -0.0293 e. The van der Waals surface area contributed by atoms with Gasteiger partial charge in [-0.3, -0.25) is 0 Å². The molecule has 0 aromatic heterocycles. The van der Waals surface area contributed by atoms with E-state index in [9.17, 15) is 0 Å². The van der Waals surface area contributed by atoms with Crippen LogP contribution in [0.4, 0.5) is 0 Å². The van der Waals surface area contributed by atoms with Crippen molar-refractivity contribution in [1.82, 2.24) is 0 Å². The summed E-state index contributed by atoms with van der Waals surface area (Å²) in [6, 6.07) is 0. The lowest BCUT2D eigenvalue weighted by Crippen LogP contribution is -1.71. The van der Waals surface area contributed by atoms with Crippen LogP contribution >= 0.6 is 13.5 Å². The van der Waals surface area contributed by atoms with E-state index in [-0.39, 0.29) is 13.5 Å². The molecule has 0 saturated heterocycles. The molecule has 0 heterocycles. The molecule has 11 heavy (non-hydrogen) atoms. The smallest absolute Gasteiger partial charge is 0.0293 e. The predicted octanol–water partition coefficient (Wildman–Crippen LogP) is 3.77. The first-order chi connectivity index (χ1) is 4.54. The van der Waals surface area contributed by atoms with E-state index in [1.54, 1.807) is 0 Å². The van der Waals surface area contributed by atoms with E-state index in [1.165, 1.54) is 0 Å². The van der Waals surface area contributed by atoms with Crippen LogP contribution < -0.4 is 0 Å². The Morgan fingerprint density at radius 1 is 0.818 bits per heavy atom. The molecular formula is C10H22S. The van der Waals surface area contributed by atoms with Crippen molar-refractivity contribution in [2.24, 2.45) is 11.8 Å². The third kappa shape index (κ3) is 41.1. The van der Waals surface area contributed by atoms with Crippen LogP contribution in [-0.4, -0.2) is 0 Å². The van der Waals surface area contributed by atoms with Gasteiger partial charge in [0.2, 0.25) is 0 Å². The highest BCUT2D eigenvalue weighted by Crippen LogP contribution is 1.87. The molecule has 0 aliphatic rings. The molecule has 68 valence electrons. The summed E-state index contributed by atoms with van der Waals surface area (Å²) in [4.78, 5) is 0. The van der Waals surface area contributed by atoms with Gasteiger partial charge in [-0.15, -0.1) is 13.2 Å². The molecule has 0 radical (unpaired) electrons. The van der Waals surface area contributed by atoms with Crippen LogP contribution in [0, 0.1) is 11.8 Å². The average Bonchev–Trinajstić information content (AvgIpc) is 1.89. The highest BCUT2D eigenvalue weighted by Gasteiger charge is 1.74. The summed E-state index contributed by atoms with van der Waals surface area (Å²) >= 11 is 0. The molecule has 0 fully saturated rings. The van der Waals surface area contributed by atoms with Crippen molar-refractivity contribution in [3.05, 3.63) is 25.3 Å². The second kappa shape index (κ2) is 12.5.